The van der Waals surface area contributed by atoms with Crippen molar-refractivity contribution in [2.75, 3.05) is 11.5 Å². The molecule has 1 nitrogen and oxygen atoms in total. The Hall–Kier alpha value is 0.190. The molecule has 0 atom stereocenters. The molecule has 0 amide bonds. The van der Waals surface area contributed by atoms with Gasteiger partial charge in [0.1, 0.15) is 0 Å². The van der Waals surface area contributed by atoms with Gasteiger partial charge in [-0.3, -0.25) is 0 Å². The van der Waals surface area contributed by atoms with Crippen LogP contribution in [0.3, 0.4) is 0 Å². The number of nitriles is 1. The third kappa shape index (κ3) is 7.02. The monoisotopic (exact) mass is 381 g/mol. The molecule has 1 heterocycles. The van der Waals surface area contributed by atoms with E-state index < -0.39 is 0 Å². The van der Waals surface area contributed by atoms with E-state index in [1.807, 2.05) is 0 Å². The van der Waals surface area contributed by atoms with Gasteiger partial charge in [-0.1, -0.05) is 58.8 Å². The quantitative estimate of drug-likeness (QED) is 0.363. The van der Waals surface area contributed by atoms with Crippen molar-refractivity contribution in [3.05, 3.63) is 0 Å². The minimum Gasteiger partial charge on any atom is -0.198 e. The van der Waals surface area contributed by atoms with E-state index in [2.05, 4.69) is 43.4 Å². The molecule has 0 N–H and O–H groups in total. The normalized spacial score (nSPS) is 33.1. The average Bonchev–Trinajstić information content (AvgIpc) is 2.67. The minimum absolute atomic E-state index is 0.0242. The fourth-order valence-corrected chi connectivity index (χ4v) is 8.03. The summed E-state index contributed by atoms with van der Waals surface area (Å²) >= 11 is 4.49. The van der Waals surface area contributed by atoms with E-state index >= 15 is 0 Å². The zero-order chi connectivity index (χ0) is 18.0. The van der Waals surface area contributed by atoms with Gasteiger partial charge in [0, 0.05) is 0 Å². The van der Waals surface area contributed by atoms with E-state index in [9.17, 15) is 5.26 Å². The summed E-state index contributed by atoms with van der Waals surface area (Å²) in [5.74, 6) is 4.59. The van der Waals surface area contributed by atoms with Crippen LogP contribution in [-0.2, 0) is 0 Å². The molecule has 0 radical (unpaired) electrons. The Kier molecular flexibility index (Phi) is 10.2. The maximum Gasteiger partial charge on any atom is 0.0689 e. The number of unbranched alkanes of at least 4 members (excludes halogenated alkanes) is 5. The molecule has 2 fully saturated rings. The van der Waals surface area contributed by atoms with Crippen molar-refractivity contribution in [1.29, 1.82) is 5.26 Å². The van der Waals surface area contributed by atoms with Gasteiger partial charge < -0.3 is 0 Å². The first-order chi connectivity index (χ1) is 12.2. The first-order valence-corrected chi connectivity index (χ1v) is 13.0. The van der Waals surface area contributed by atoms with E-state index in [-0.39, 0.29) is 5.41 Å². The predicted molar refractivity (Wildman–Crippen MR) is 115 cm³/mol. The topological polar surface area (TPSA) is 23.8 Å². The van der Waals surface area contributed by atoms with E-state index in [1.54, 1.807) is 0 Å². The van der Waals surface area contributed by atoms with Crippen molar-refractivity contribution >= 4 is 23.5 Å². The van der Waals surface area contributed by atoms with Gasteiger partial charge in [0.25, 0.3) is 0 Å². The van der Waals surface area contributed by atoms with Crippen molar-refractivity contribution in [2.45, 2.75) is 102 Å². The fraction of sp³-hybridized carbons (Fsp3) is 0.955. The molecule has 0 aromatic carbocycles. The van der Waals surface area contributed by atoms with Crippen LogP contribution in [0, 0.1) is 28.6 Å². The molecule has 1 aliphatic carbocycles. The van der Waals surface area contributed by atoms with Gasteiger partial charge in [-0.2, -0.15) is 5.26 Å². The zero-order valence-electron chi connectivity index (χ0n) is 16.6. The summed E-state index contributed by atoms with van der Waals surface area (Å²) in [5.41, 5.74) is 0.0242. The number of hydrogen-bond acceptors (Lipinski definition) is 3. The van der Waals surface area contributed by atoms with Crippen LogP contribution in [-0.4, -0.2) is 16.1 Å². The molecule has 0 bridgehead atoms. The number of thioether (sulfide) groups is 2. The highest BCUT2D eigenvalue weighted by Gasteiger charge is 2.38. The van der Waals surface area contributed by atoms with Gasteiger partial charge in [-0.05, 0) is 61.9 Å². The van der Waals surface area contributed by atoms with Gasteiger partial charge >= 0.3 is 0 Å². The number of hydrogen-bond donors (Lipinski definition) is 0. The van der Waals surface area contributed by atoms with Crippen LogP contribution < -0.4 is 0 Å². The van der Waals surface area contributed by atoms with Crippen molar-refractivity contribution in [3.63, 3.8) is 0 Å². The Morgan fingerprint density at radius 2 is 1.56 bits per heavy atom. The highest BCUT2D eigenvalue weighted by Crippen LogP contribution is 2.49. The molecule has 2 rings (SSSR count). The van der Waals surface area contributed by atoms with Crippen LogP contribution >= 0.6 is 23.5 Å². The van der Waals surface area contributed by atoms with Gasteiger partial charge in [0.15, 0.2) is 0 Å². The third-order valence-electron chi connectivity index (χ3n) is 6.33. The largest absolute Gasteiger partial charge is 0.198 e. The van der Waals surface area contributed by atoms with E-state index in [0.717, 1.165) is 22.8 Å². The lowest BCUT2D eigenvalue weighted by atomic mass is 9.69. The first kappa shape index (κ1) is 21.5. The summed E-state index contributed by atoms with van der Waals surface area (Å²) in [5, 5.41) is 9.80. The van der Waals surface area contributed by atoms with Gasteiger partial charge in [-0.15, -0.1) is 23.5 Å². The molecule has 0 aromatic rings. The van der Waals surface area contributed by atoms with E-state index in [4.69, 9.17) is 0 Å². The molecule has 0 unspecified atom stereocenters. The molecular formula is C22H39NS2. The van der Waals surface area contributed by atoms with E-state index in [0.29, 0.717) is 0 Å². The highest BCUT2D eigenvalue weighted by molar-refractivity contribution is 8.17. The lowest BCUT2D eigenvalue weighted by Crippen LogP contribution is -2.31. The second kappa shape index (κ2) is 11.8. The predicted octanol–water partition coefficient (Wildman–Crippen LogP) is 7.66. The fourth-order valence-electron chi connectivity index (χ4n) is 4.44. The molecule has 2 aliphatic rings. The Balaban J connectivity index is 1.68. The molecule has 3 heteroatoms. The highest BCUT2D eigenvalue weighted by atomic mass is 32.2. The van der Waals surface area contributed by atoms with Crippen LogP contribution in [0.25, 0.3) is 0 Å². The molecule has 1 aliphatic heterocycles. The van der Waals surface area contributed by atoms with Gasteiger partial charge in [-0.25, -0.2) is 0 Å². The molecule has 0 aromatic heterocycles. The summed E-state index contributed by atoms with van der Waals surface area (Å²) < 4.78 is 0.819. The smallest absolute Gasteiger partial charge is 0.0689 e. The average molecular weight is 382 g/mol. The van der Waals surface area contributed by atoms with Crippen molar-refractivity contribution in [1.82, 2.24) is 0 Å². The summed E-state index contributed by atoms with van der Waals surface area (Å²) in [7, 11) is 0. The van der Waals surface area contributed by atoms with Crippen LogP contribution in [0.5, 0.6) is 0 Å². The van der Waals surface area contributed by atoms with Crippen molar-refractivity contribution in [2.24, 2.45) is 17.3 Å². The SMILES string of the molecule is CCCCCCCC1(C#N)CCC(C2SCC(CCCC)CS2)CC1. The lowest BCUT2D eigenvalue weighted by Gasteiger charge is -2.40. The Morgan fingerprint density at radius 3 is 2.16 bits per heavy atom. The maximum absolute atomic E-state index is 9.80. The van der Waals surface area contributed by atoms with Crippen LogP contribution in [0.2, 0.25) is 0 Å². The summed E-state index contributed by atoms with van der Waals surface area (Å²) in [4.78, 5) is 0. The van der Waals surface area contributed by atoms with Crippen LogP contribution in [0.4, 0.5) is 0 Å². The second-order valence-corrected chi connectivity index (χ2v) is 11.1. The lowest BCUT2D eigenvalue weighted by molar-refractivity contribution is 0.199. The summed E-state index contributed by atoms with van der Waals surface area (Å²) in [6.07, 6.45) is 16.9. The molecule has 25 heavy (non-hydrogen) atoms. The van der Waals surface area contributed by atoms with Crippen LogP contribution in [0.15, 0.2) is 0 Å². The van der Waals surface area contributed by atoms with Gasteiger partial charge in [0.05, 0.1) is 16.1 Å². The molecule has 144 valence electrons. The first-order valence-electron chi connectivity index (χ1n) is 10.9. The number of nitrogens with zero attached hydrogens (tertiary/aromatic N) is 1. The van der Waals surface area contributed by atoms with Crippen molar-refractivity contribution < 1.29 is 0 Å². The number of rotatable bonds is 10. The van der Waals surface area contributed by atoms with Crippen molar-refractivity contribution in [3.8, 4) is 6.07 Å². The maximum atomic E-state index is 9.80. The molecule has 1 saturated heterocycles. The molecule has 0 spiro atoms. The Bertz CT molecular complexity index is 387. The standard InChI is InChI=1S/C22H39NS2/c1-3-5-7-8-9-13-22(18-23)14-11-20(12-15-22)21-24-16-19(17-25-21)10-6-4-2/h19-21H,3-17H2,1-2H3. The Morgan fingerprint density at radius 1 is 0.920 bits per heavy atom. The molecule has 1 saturated carbocycles. The third-order valence-corrected chi connectivity index (χ3v) is 9.90. The summed E-state index contributed by atoms with van der Waals surface area (Å²) in [6, 6.07) is 2.75. The zero-order valence-corrected chi connectivity index (χ0v) is 18.2. The summed E-state index contributed by atoms with van der Waals surface area (Å²) in [6.45, 7) is 4.57. The van der Waals surface area contributed by atoms with E-state index in [1.165, 1.54) is 88.6 Å². The Labute approximate surface area is 165 Å². The minimum atomic E-state index is 0.0242. The van der Waals surface area contributed by atoms with Gasteiger partial charge in [0.2, 0.25) is 0 Å². The van der Waals surface area contributed by atoms with Crippen LogP contribution in [0.1, 0.15) is 97.3 Å². The second-order valence-electron chi connectivity index (χ2n) is 8.44. The molecular weight excluding hydrogens is 342 g/mol.